The summed E-state index contributed by atoms with van der Waals surface area (Å²) in [6, 6.07) is 5.54. The van der Waals surface area contributed by atoms with Gasteiger partial charge in [0, 0.05) is 12.2 Å². The van der Waals surface area contributed by atoms with Crippen LogP contribution in [-0.4, -0.2) is 29.1 Å². The SMILES string of the molecule is Cc1ccc(NCC2CCSCC2)c(C(=O)O)c1. The lowest BCUT2D eigenvalue weighted by Gasteiger charge is -2.22. The number of hydrogen-bond acceptors (Lipinski definition) is 3. The van der Waals surface area contributed by atoms with Gasteiger partial charge in [-0.25, -0.2) is 4.79 Å². The first-order valence-corrected chi connectivity index (χ1v) is 7.48. The van der Waals surface area contributed by atoms with Crippen LogP contribution in [0.2, 0.25) is 0 Å². The molecule has 0 aliphatic carbocycles. The molecule has 0 radical (unpaired) electrons. The number of aryl methyl sites for hydroxylation is 1. The lowest BCUT2D eigenvalue weighted by Crippen LogP contribution is -2.20. The maximum absolute atomic E-state index is 11.2. The Morgan fingerprint density at radius 3 is 2.83 bits per heavy atom. The summed E-state index contributed by atoms with van der Waals surface area (Å²) < 4.78 is 0. The summed E-state index contributed by atoms with van der Waals surface area (Å²) in [5.74, 6) is 2.27. The molecule has 0 unspecified atom stereocenters. The fourth-order valence-electron chi connectivity index (χ4n) is 2.19. The Morgan fingerprint density at radius 2 is 2.17 bits per heavy atom. The molecule has 0 bridgehead atoms. The van der Waals surface area contributed by atoms with E-state index < -0.39 is 5.97 Å². The predicted octanol–water partition coefficient (Wildman–Crippen LogP) is 3.25. The number of hydrogen-bond donors (Lipinski definition) is 2. The van der Waals surface area contributed by atoms with E-state index in [1.165, 1.54) is 24.3 Å². The van der Waals surface area contributed by atoms with Crippen LogP contribution in [0.3, 0.4) is 0 Å². The first-order valence-electron chi connectivity index (χ1n) is 6.32. The van der Waals surface area contributed by atoms with Crippen LogP contribution in [0.15, 0.2) is 18.2 Å². The number of carbonyl (C=O) groups is 1. The van der Waals surface area contributed by atoms with Crippen molar-refractivity contribution in [1.29, 1.82) is 0 Å². The highest BCUT2D eigenvalue weighted by molar-refractivity contribution is 7.99. The highest BCUT2D eigenvalue weighted by Gasteiger charge is 2.15. The number of benzene rings is 1. The molecule has 1 aromatic rings. The highest BCUT2D eigenvalue weighted by Crippen LogP contribution is 2.24. The molecule has 1 aliphatic heterocycles. The zero-order chi connectivity index (χ0) is 13.0. The number of carboxylic acid groups (broad SMARTS) is 1. The molecule has 98 valence electrons. The molecule has 2 rings (SSSR count). The van der Waals surface area contributed by atoms with Crippen molar-refractivity contribution in [3.05, 3.63) is 29.3 Å². The first kappa shape index (κ1) is 13.3. The zero-order valence-electron chi connectivity index (χ0n) is 10.6. The van der Waals surface area contributed by atoms with Gasteiger partial charge in [0.05, 0.1) is 5.56 Å². The molecule has 2 N–H and O–H groups in total. The maximum atomic E-state index is 11.2. The van der Waals surface area contributed by atoms with Crippen molar-refractivity contribution in [3.8, 4) is 0 Å². The van der Waals surface area contributed by atoms with Crippen LogP contribution >= 0.6 is 11.8 Å². The Labute approximate surface area is 112 Å². The van der Waals surface area contributed by atoms with E-state index >= 15 is 0 Å². The molecule has 1 aliphatic rings. The molecule has 0 amide bonds. The van der Waals surface area contributed by atoms with Crippen LogP contribution in [0.1, 0.15) is 28.8 Å². The van der Waals surface area contributed by atoms with Crippen LogP contribution < -0.4 is 5.32 Å². The molecule has 0 aromatic heterocycles. The fourth-order valence-corrected chi connectivity index (χ4v) is 3.40. The number of anilines is 1. The van der Waals surface area contributed by atoms with Crippen LogP contribution in [0.5, 0.6) is 0 Å². The third-order valence-electron chi connectivity index (χ3n) is 3.33. The van der Waals surface area contributed by atoms with Crippen molar-refractivity contribution in [1.82, 2.24) is 0 Å². The van der Waals surface area contributed by atoms with E-state index in [1.54, 1.807) is 6.07 Å². The number of nitrogens with one attached hydrogen (secondary N) is 1. The molecule has 1 fully saturated rings. The minimum Gasteiger partial charge on any atom is -0.478 e. The van der Waals surface area contributed by atoms with E-state index in [9.17, 15) is 9.90 Å². The lowest BCUT2D eigenvalue weighted by atomic mass is 10.0. The predicted molar refractivity (Wildman–Crippen MR) is 76.7 cm³/mol. The minimum absolute atomic E-state index is 0.375. The fraction of sp³-hybridized carbons (Fsp3) is 0.500. The van der Waals surface area contributed by atoms with Gasteiger partial charge in [-0.1, -0.05) is 11.6 Å². The molecule has 1 saturated heterocycles. The van der Waals surface area contributed by atoms with E-state index in [4.69, 9.17) is 0 Å². The van der Waals surface area contributed by atoms with Crippen molar-refractivity contribution in [3.63, 3.8) is 0 Å². The summed E-state index contributed by atoms with van der Waals surface area (Å²) in [5.41, 5.74) is 2.10. The minimum atomic E-state index is -0.861. The summed E-state index contributed by atoms with van der Waals surface area (Å²) in [7, 11) is 0. The van der Waals surface area contributed by atoms with E-state index in [2.05, 4.69) is 5.32 Å². The molecule has 0 spiro atoms. The summed E-state index contributed by atoms with van der Waals surface area (Å²) >= 11 is 2.01. The van der Waals surface area contributed by atoms with E-state index in [1.807, 2.05) is 30.8 Å². The summed E-state index contributed by atoms with van der Waals surface area (Å²) in [6.45, 7) is 2.79. The van der Waals surface area contributed by atoms with Crippen molar-refractivity contribution in [2.45, 2.75) is 19.8 Å². The second-order valence-electron chi connectivity index (χ2n) is 4.79. The largest absolute Gasteiger partial charge is 0.478 e. The molecule has 1 heterocycles. The second-order valence-corrected chi connectivity index (χ2v) is 6.02. The van der Waals surface area contributed by atoms with E-state index in [0.29, 0.717) is 11.5 Å². The molecule has 0 atom stereocenters. The lowest BCUT2D eigenvalue weighted by molar-refractivity contribution is 0.0698. The van der Waals surface area contributed by atoms with Crippen molar-refractivity contribution in [2.75, 3.05) is 23.4 Å². The van der Waals surface area contributed by atoms with Crippen molar-refractivity contribution < 1.29 is 9.90 Å². The normalized spacial score (nSPS) is 16.5. The highest BCUT2D eigenvalue weighted by atomic mass is 32.2. The monoisotopic (exact) mass is 265 g/mol. The Balaban J connectivity index is 2.01. The Hall–Kier alpha value is -1.16. The van der Waals surface area contributed by atoms with Crippen LogP contribution in [0.4, 0.5) is 5.69 Å². The van der Waals surface area contributed by atoms with Gasteiger partial charge in [0.25, 0.3) is 0 Å². The summed E-state index contributed by atoms with van der Waals surface area (Å²) in [5, 5.41) is 12.5. The van der Waals surface area contributed by atoms with Crippen LogP contribution in [0.25, 0.3) is 0 Å². The molecular weight excluding hydrogens is 246 g/mol. The third kappa shape index (κ3) is 3.42. The number of carboxylic acids is 1. The smallest absolute Gasteiger partial charge is 0.337 e. The second kappa shape index (κ2) is 6.14. The quantitative estimate of drug-likeness (QED) is 0.877. The Morgan fingerprint density at radius 1 is 1.44 bits per heavy atom. The summed E-state index contributed by atoms with van der Waals surface area (Å²) in [4.78, 5) is 11.2. The average Bonchev–Trinajstić information content (AvgIpc) is 2.38. The van der Waals surface area contributed by atoms with Crippen molar-refractivity contribution in [2.24, 2.45) is 5.92 Å². The van der Waals surface area contributed by atoms with Gasteiger partial charge in [-0.2, -0.15) is 11.8 Å². The van der Waals surface area contributed by atoms with Gasteiger partial charge >= 0.3 is 5.97 Å². The van der Waals surface area contributed by atoms with Gasteiger partial charge in [0.2, 0.25) is 0 Å². The third-order valence-corrected chi connectivity index (χ3v) is 4.38. The molecule has 3 nitrogen and oxygen atoms in total. The van der Waals surface area contributed by atoms with Gasteiger partial charge in [-0.3, -0.25) is 0 Å². The van der Waals surface area contributed by atoms with Gasteiger partial charge < -0.3 is 10.4 Å². The number of rotatable bonds is 4. The Bertz CT molecular complexity index is 428. The summed E-state index contributed by atoms with van der Waals surface area (Å²) in [6.07, 6.45) is 2.46. The van der Waals surface area contributed by atoms with Crippen molar-refractivity contribution >= 4 is 23.4 Å². The standard InChI is InChI=1S/C14H19NO2S/c1-10-2-3-13(12(8-10)14(16)17)15-9-11-4-6-18-7-5-11/h2-3,8,11,15H,4-7,9H2,1H3,(H,16,17). The molecule has 1 aromatic carbocycles. The maximum Gasteiger partial charge on any atom is 0.337 e. The first-order chi connectivity index (χ1) is 8.66. The van der Waals surface area contributed by atoms with E-state index in [-0.39, 0.29) is 0 Å². The molecular formula is C14H19NO2S. The number of thioether (sulfide) groups is 1. The zero-order valence-corrected chi connectivity index (χ0v) is 11.4. The molecule has 4 heteroatoms. The van der Waals surface area contributed by atoms with Gasteiger partial charge in [0.1, 0.15) is 0 Å². The van der Waals surface area contributed by atoms with Gasteiger partial charge in [0.15, 0.2) is 0 Å². The van der Waals surface area contributed by atoms with Crippen LogP contribution in [0, 0.1) is 12.8 Å². The van der Waals surface area contributed by atoms with Gasteiger partial charge in [-0.05, 0) is 49.3 Å². The Kier molecular flexibility index (Phi) is 4.53. The molecule has 18 heavy (non-hydrogen) atoms. The van der Waals surface area contributed by atoms with E-state index in [0.717, 1.165) is 17.8 Å². The average molecular weight is 265 g/mol. The number of aromatic carboxylic acids is 1. The topological polar surface area (TPSA) is 49.3 Å². The van der Waals surface area contributed by atoms with Crippen LogP contribution in [-0.2, 0) is 0 Å². The van der Waals surface area contributed by atoms with Gasteiger partial charge in [-0.15, -0.1) is 0 Å². The molecule has 0 saturated carbocycles.